The summed E-state index contributed by atoms with van der Waals surface area (Å²) in [6.45, 7) is 4.90. The van der Waals surface area contributed by atoms with Gasteiger partial charge in [-0.3, -0.25) is 0 Å². The van der Waals surface area contributed by atoms with E-state index in [1.807, 2.05) is 33.2 Å². The summed E-state index contributed by atoms with van der Waals surface area (Å²) in [5, 5.41) is 3.35. The van der Waals surface area contributed by atoms with E-state index in [0.717, 1.165) is 12.2 Å². The summed E-state index contributed by atoms with van der Waals surface area (Å²) in [6.07, 6.45) is 0.641. The second-order valence-corrected chi connectivity index (χ2v) is 7.26. The Morgan fingerprint density at radius 2 is 1.79 bits per heavy atom. The van der Waals surface area contributed by atoms with Crippen LogP contribution >= 0.6 is 0 Å². The van der Waals surface area contributed by atoms with Crippen LogP contribution in [0.15, 0.2) is 29.2 Å². The van der Waals surface area contributed by atoms with Crippen LogP contribution in [0.25, 0.3) is 0 Å². The molecule has 1 N–H and O–H groups in total. The first-order chi connectivity index (χ1) is 8.85. The number of nitrogens with zero attached hydrogens (tertiary/aromatic N) is 1. The molecule has 1 atom stereocenters. The molecular formula is C14H24N2O2S. The fraction of sp³-hybridized carbons (Fsp3) is 0.571. The van der Waals surface area contributed by atoms with E-state index in [1.54, 1.807) is 12.1 Å². The molecule has 0 bridgehead atoms. The molecule has 1 unspecified atom stereocenters. The van der Waals surface area contributed by atoms with Gasteiger partial charge in [0.2, 0.25) is 0 Å². The molecule has 0 aromatic heterocycles. The first-order valence-corrected chi connectivity index (χ1v) is 8.24. The van der Waals surface area contributed by atoms with E-state index in [1.165, 1.54) is 0 Å². The van der Waals surface area contributed by atoms with Crippen LogP contribution in [-0.2, 0) is 9.84 Å². The zero-order chi connectivity index (χ0) is 14.5. The molecular weight excluding hydrogens is 260 g/mol. The fourth-order valence-corrected chi connectivity index (χ4v) is 3.35. The third kappa shape index (κ3) is 5.20. The number of rotatable bonds is 7. The maximum Gasteiger partial charge on any atom is 0.178 e. The van der Waals surface area contributed by atoms with Gasteiger partial charge in [0, 0.05) is 18.3 Å². The number of hydrogen-bond donors (Lipinski definition) is 1. The summed E-state index contributed by atoms with van der Waals surface area (Å²) in [6, 6.07) is 7.32. The van der Waals surface area contributed by atoms with Crippen molar-refractivity contribution >= 4 is 15.5 Å². The van der Waals surface area contributed by atoms with Gasteiger partial charge in [-0.25, -0.2) is 8.42 Å². The van der Waals surface area contributed by atoms with Gasteiger partial charge in [0.05, 0.1) is 10.6 Å². The molecule has 5 heteroatoms. The lowest BCUT2D eigenvalue weighted by Crippen LogP contribution is -2.29. The lowest BCUT2D eigenvalue weighted by Gasteiger charge is -2.19. The Hall–Kier alpha value is -1.07. The molecule has 0 radical (unpaired) electrons. The highest BCUT2D eigenvalue weighted by Gasteiger charge is 2.12. The first-order valence-electron chi connectivity index (χ1n) is 6.59. The number of hydrogen-bond acceptors (Lipinski definition) is 4. The fourth-order valence-electron chi connectivity index (χ4n) is 2.02. The maximum atomic E-state index is 11.9. The zero-order valence-corrected chi connectivity index (χ0v) is 13.0. The molecule has 0 aliphatic heterocycles. The Labute approximate surface area is 116 Å². The van der Waals surface area contributed by atoms with Crippen LogP contribution in [0.4, 0.5) is 5.69 Å². The molecule has 0 saturated heterocycles. The van der Waals surface area contributed by atoms with E-state index in [2.05, 4.69) is 17.1 Å². The predicted molar refractivity (Wildman–Crippen MR) is 80.4 cm³/mol. The molecule has 0 spiro atoms. The largest absolute Gasteiger partial charge is 0.381 e. The van der Waals surface area contributed by atoms with Crippen LogP contribution in [0.2, 0.25) is 0 Å². The number of anilines is 1. The second kappa shape index (κ2) is 6.91. The van der Waals surface area contributed by atoms with E-state index in [9.17, 15) is 8.42 Å². The van der Waals surface area contributed by atoms with Gasteiger partial charge in [-0.05, 0) is 51.7 Å². The smallest absolute Gasteiger partial charge is 0.178 e. The summed E-state index contributed by atoms with van der Waals surface area (Å²) in [4.78, 5) is 2.51. The summed E-state index contributed by atoms with van der Waals surface area (Å²) in [5.74, 6) is 0.205. The van der Waals surface area contributed by atoms with Crippen LogP contribution in [0.1, 0.15) is 20.3 Å². The zero-order valence-electron chi connectivity index (χ0n) is 12.2. The molecule has 108 valence electrons. The average Bonchev–Trinajstić information content (AvgIpc) is 2.28. The van der Waals surface area contributed by atoms with Gasteiger partial charge in [-0.15, -0.1) is 0 Å². The monoisotopic (exact) mass is 284 g/mol. The Morgan fingerprint density at radius 3 is 2.26 bits per heavy atom. The summed E-state index contributed by atoms with van der Waals surface area (Å²) < 4.78 is 23.8. The summed E-state index contributed by atoms with van der Waals surface area (Å²) >= 11 is 0. The Balaban J connectivity index is 2.72. The van der Waals surface area contributed by atoms with Gasteiger partial charge < -0.3 is 10.2 Å². The van der Waals surface area contributed by atoms with Crippen LogP contribution in [0.5, 0.6) is 0 Å². The number of sulfone groups is 1. The normalized spacial score (nSPS) is 13.5. The van der Waals surface area contributed by atoms with Crippen molar-refractivity contribution in [3.05, 3.63) is 24.3 Å². The minimum absolute atomic E-state index is 0.205. The molecule has 0 amide bonds. The molecule has 0 aliphatic carbocycles. The highest BCUT2D eigenvalue weighted by atomic mass is 32.2. The van der Waals surface area contributed by atoms with Crippen LogP contribution < -0.4 is 5.32 Å². The van der Waals surface area contributed by atoms with Crippen molar-refractivity contribution < 1.29 is 8.42 Å². The number of nitrogens with one attached hydrogen (secondary N) is 1. The van der Waals surface area contributed by atoms with Gasteiger partial charge in [0.1, 0.15) is 0 Å². The average molecular weight is 284 g/mol. The third-order valence-corrected chi connectivity index (χ3v) is 4.67. The van der Waals surface area contributed by atoms with Crippen molar-refractivity contribution in [3.8, 4) is 0 Å². The van der Waals surface area contributed by atoms with Gasteiger partial charge in [0.15, 0.2) is 9.84 Å². The summed E-state index contributed by atoms with van der Waals surface area (Å²) in [7, 11) is 0.942. The maximum absolute atomic E-state index is 11.9. The van der Waals surface area contributed by atoms with Crippen LogP contribution in [0.3, 0.4) is 0 Å². The van der Waals surface area contributed by atoms with Crippen molar-refractivity contribution in [1.82, 2.24) is 4.90 Å². The first kappa shape index (κ1) is 16.0. The molecule has 4 nitrogen and oxygen atoms in total. The molecule has 0 heterocycles. The molecule has 19 heavy (non-hydrogen) atoms. The number of benzene rings is 1. The van der Waals surface area contributed by atoms with E-state index >= 15 is 0 Å². The van der Waals surface area contributed by atoms with Gasteiger partial charge >= 0.3 is 0 Å². The quantitative estimate of drug-likeness (QED) is 0.834. The predicted octanol–water partition coefficient (Wildman–Crippen LogP) is 2.23. The summed E-state index contributed by atoms with van der Waals surface area (Å²) in [5.41, 5.74) is 0.949. The van der Waals surface area contributed by atoms with Crippen molar-refractivity contribution in [2.24, 2.45) is 0 Å². The topological polar surface area (TPSA) is 49.4 Å². The molecule has 1 rings (SSSR count). The van der Waals surface area contributed by atoms with Crippen LogP contribution in [-0.4, -0.2) is 45.8 Å². The van der Waals surface area contributed by atoms with Gasteiger partial charge in [0.25, 0.3) is 0 Å². The Kier molecular flexibility index (Phi) is 5.82. The molecule has 0 saturated carbocycles. The molecule has 1 aromatic rings. The van der Waals surface area contributed by atoms with E-state index in [0.29, 0.717) is 17.4 Å². The van der Waals surface area contributed by atoms with E-state index < -0.39 is 9.84 Å². The molecule has 1 aromatic carbocycles. The third-order valence-electron chi connectivity index (χ3n) is 2.74. The van der Waals surface area contributed by atoms with Crippen LogP contribution in [0, 0.1) is 0 Å². The van der Waals surface area contributed by atoms with E-state index in [-0.39, 0.29) is 5.75 Å². The molecule has 0 fully saturated rings. The minimum Gasteiger partial charge on any atom is -0.381 e. The van der Waals surface area contributed by atoms with Gasteiger partial charge in [-0.1, -0.05) is 6.92 Å². The second-order valence-electron chi connectivity index (χ2n) is 5.15. The SMILES string of the molecule is CCCS(=O)(=O)c1ccc(NC(C)CN(C)C)cc1. The lowest BCUT2D eigenvalue weighted by atomic mass is 10.2. The minimum atomic E-state index is -3.11. The van der Waals surface area contributed by atoms with Crippen molar-refractivity contribution in [3.63, 3.8) is 0 Å². The van der Waals surface area contributed by atoms with Crippen molar-refractivity contribution in [1.29, 1.82) is 0 Å². The van der Waals surface area contributed by atoms with E-state index in [4.69, 9.17) is 0 Å². The lowest BCUT2D eigenvalue weighted by molar-refractivity contribution is 0.392. The van der Waals surface area contributed by atoms with Crippen molar-refractivity contribution in [2.75, 3.05) is 31.7 Å². The Morgan fingerprint density at radius 1 is 1.21 bits per heavy atom. The standard InChI is InChI=1S/C14H24N2O2S/c1-5-10-19(17,18)14-8-6-13(7-9-14)15-12(2)11-16(3)4/h6-9,12,15H,5,10-11H2,1-4H3. The highest BCUT2D eigenvalue weighted by molar-refractivity contribution is 7.91. The number of likely N-dealkylation sites (N-methyl/N-ethyl adjacent to an activating group) is 1. The highest BCUT2D eigenvalue weighted by Crippen LogP contribution is 2.16. The Bertz CT molecular complexity index is 481. The van der Waals surface area contributed by atoms with Gasteiger partial charge in [-0.2, -0.15) is 0 Å². The van der Waals surface area contributed by atoms with Crippen molar-refractivity contribution in [2.45, 2.75) is 31.2 Å². The molecule has 0 aliphatic rings.